The van der Waals surface area contributed by atoms with E-state index in [1.807, 2.05) is 0 Å². The van der Waals surface area contributed by atoms with Crippen LogP contribution in [-0.4, -0.2) is 42.1 Å². The summed E-state index contributed by atoms with van der Waals surface area (Å²) in [6.45, 7) is 3.89. The molecular formula is C16H27N3O3. The highest BCUT2D eigenvalue weighted by Gasteiger charge is 2.11. The van der Waals surface area contributed by atoms with Gasteiger partial charge in [0.1, 0.15) is 0 Å². The summed E-state index contributed by atoms with van der Waals surface area (Å²) in [6, 6.07) is 3.35. The Balaban J connectivity index is 2.57. The first kappa shape index (κ1) is 18.2. The van der Waals surface area contributed by atoms with E-state index in [0.29, 0.717) is 19.6 Å². The molecule has 0 aromatic carbocycles. The van der Waals surface area contributed by atoms with Crippen LogP contribution < -0.4 is 16.0 Å². The molecule has 0 saturated heterocycles. The van der Waals surface area contributed by atoms with Gasteiger partial charge in [-0.1, -0.05) is 13.3 Å². The number of carbonyl (C=O) groups excluding carboxylic acids is 1. The van der Waals surface area contributed by atoms with Crippen molar-refractivity contribution in [1.29, 1.82) is 0 Å². The second-order valence-electron chi connectivity index (χ2n) is 5.32. The van der Waals surface area contributed by atoms with Gasteiger partial charge < -0.3 is 19.9 Å². The lowest BCUT2D eigenvalue weighted by molar-refractivity contribution is -0.132. The lowest BCUT2D eigenvalue weighted by Crippen LogP contribution is -2.33. The van der Waals surface area contributed by atoms with Crippen molar-refractivity contribution in [2.75, 3.05) is 26.7 Å². The molecule has 0 spiro atoms. The monoisotopic (exact) mass is 309 g/mol. The maximum Gasteiger partial charge on any atom is 0.292 e. The molecule has 124 valence electrons. The Hall–Kier alpha value is -1.82. The quantitative estimate of drug-likeness (QED) is 0.659. The molecule has 1 heterocycles. The summed E-state index contributed by atoms with van der Waals surface area (Å²) >= 11 is 0. The molecule has 6 nitrogen and oxygen atoms in total. The van der Waals surface area contributed by atoms with Gasteiger partial charge in [0.25, 0.3) is 11.5 Å². The number of hydrogen-bond donors (Lipinski definition) is 1. The first-order valence-corrected chi connectivity index (χ1v) is 7.86. The average molecular weight is 309 g/mol. The third-order valence-electron chi connectivity index (χ3n) is 3.46. The summed E-state index contributed by atoms with van der Waals surface area (Å²) < 4.78 is 6.99. The molecule has 1 aromatic heterocycles. The Kier molecular flexibility index (Phi) is 8.28. The van der Waals surface area contributed by atoms with Crippen LogP contribution in [0.4, 0.5) is 0 Å². The van der Waals surface area contributed by atoms with E-state index in [1.54, 1.807) is 34.8 Å². The van der Waals surface area contributed by atoms with Gasteiger partial charge in [-0.25, -0.2) is 0 Å². The van der Waals surface area contributed by atoms with Gasteiger partial charge in [-0.2, -0.15) is 0 Å². The molecule has 1 aromatic rings. The second kappa shape index (κ2) is 10.00. The van der Waals surface area contributed by atoms with E-state index < -0.39 is 0 Å². The van der Waals surface area contributed by atoms with E-state index in [9.17, 15) is 9.59 Å². The fourth-order valence-corrected chi connectivity index (χ4v) is 2.00. The first-order valence-electron chi connectivity index (χ1n) is 7.86. The van der Waals surface area contributed by atoms with Gasteiger partial charge in [-0.05, 0) is 37.9 Å². The standard InChI is InChI=1S/C16H27N3O3/c1-3-4-10-18(2)15(20)13-22-14-8-7-12-19(16(14)21)11-6-5-9-17/h7-8,12H,3-6,9-11,13,17H2,1-2H3. The SMILES string of the molecule is CCCCN(C)C(=O)COc1cccn(CCCCN)c1=O. The Labute approximate surface area is 131 Å². The summed E-state index contributed by atoms with van der Waals surface area (Å²) in [5.41, 5.74) is 5.25. The molecular weight excluding hydrogens is 282 g/mol. The van der Waals surface area contributed by atoms with Crippen LogP contribution in [0.5, 0.6) is 5.75 Å². The minimum absolute atomic E-state index is 0.109. The highest BCUT2D eigenvalue weighted by Crippen LogP contribution is 2.04. The lowest BCUT2D eigenvalue weighted by Gasteiger charge is -2.17. The molecule has 22 heavy (non-hydrogen) atoms. The minimum atomic E-state index is -0.205. The van der Waals surface area contributed by atoms with Gasteiger partial charge in [0, 0.05) is 26.3 Å². The minimum Gasteiger partial charge on any atom is -0.478 e. The summed E-state index contributed by atoms with van der Waals surface area (Å²) in [5.74, 6) is 0.0962. The summed E-state index contributed by atoms with van der Waals surface area (Å²) in [6.07, 6.45) is 5.43. The maximum atomic E-state index is 12.2. The number of nitrogens with zero attached hydrogens (tertiary/aromatic N) is 2. The van der Waals surface area contributed by atoms with Gasteiger partial charge in [0.2, 0.25) is 0 Å². The topological polar surface area (TPSA) is 77.6 Å². The van der Waals surface area contributed by atoms with Crippen LogP contribution in [0.25, 0.3) is 0 Å². The zero-order valence-corrected chi connectivity index (χ0v) is 13.6. The van der Waals surface area contributed by atoms with Crippen molar-refractivity contribution in [3.05, 3.63) is 28.7 Å². The number of hydrogen-bond acceptors (Lipinski definition) is 4. The molecule has 1 amide bonds. The normalized spacial score (nSPS) is 10.5. The molecule has 0 fully saturated rings. The van der Waals surface area contributed by atoms with Crippen LogP contribution >= 0.6 is 0 Å². The van der Waals surface area contributed by atoms with E-state index in [2.05, 4.69) is 6.92 Å². The molecule has 2 N–H and O–H groups in total. The van der Waals surface area contributed by atoms with Crippen LogP contribution in [0, 0.1) is 0 Å². The van der Waals surface area contributed by atoms with Gasteiger partial charge in [-0.3, -0.25) is 9.59 Å². The van der Waals surface area contributed by atoms with E-state index in [-0.39, 0.29) is 23.8 Å². The second-order valence-corrected chi connectivity index (χ2v) is 5.32. The van der Waals surface area contributed by atoms with Crippen molar-refractivity contribution in [2.24, 2.45) is 5.73 Å². The number of unbranched alkanes of at least 4 members (excludes halogenated alkanes) is 2. The van der Waals surface area contributed by atoms with E-state index in [0.717, 1.165) is 25.7 Å². The molecule has 0 bridgehead atoms. The Morgan fingerprint density at radius 3 is 2.82 bits per heavy atom. The largest absolute Gasteiger partial charge is 0.478 e. The number of aryl methyl sites for hydroxylation is 1. The number of carbonyl (C=O) groups is 1. The molecule has 0 radical (unpaired) electrons. The van der Waals surface area contributed by atoms with Crippen molar-refractivity contribution in [3.8, 4) is 5.75 Å². The molecule has 6 heteroatoms. The van der Waals surface area contributed by atoms with Crippen LogP contribution in [0.2, 0.25) is 0 Å². The van der Waals surface area contributed by atoms with Crippen LogP contribution in [0.15, 0.2) is 23.1 Å². The molecule has 0 aliphatic rings. The molecule has 0 aliphatic carbocycles. The number of rotatable bonds is 10. The number of likely N-dealkylation sites (N-methyl/N-ethyl adjacent to an activating group) is 1. The summed E-state index contributed by atoms with van der Waals surface area (Å²) in [5, 5.41) is 0. The predicted molar refractivity (Wildman–Crippen MR) is 87.0 cm³/mol. The number of amides is 1. The van der Waals surface area contributed by atoms with E-state index in [4.69, 9.17) is 10.5 Å². The Morgan fingerprint density at radius 2 is 2.14 bits per heavy atom. The van der Waals surface area contributed by atoms with Crippen molar-refractivity contribution in [2.45, 2.75) is 39.2 Å². The molecule has 0 aliphatic heterocycles. The fourth-order valence-electron chi connectivity index (χ4n) is 2.00. The lowest BCUT2D eigenvalue weighted by atomic mass is 10.3. The smallest absolute Gasteiger partial charge is 0.292 e. The van der Waals surface area contributed by atoms with Crippen LogP contribution in [0.3, 0.4) is 0 Å². The molecule has 0 unspecified atom stereocenters. The van der Waals surface area contributed by atoms with Crippen molar-refractivity contribution < 1.29 is 9.53 Å². The Bertz CT molecular complexity index is 514. The van der Waals surface area contributed by atoms with Gasteiger partial charge in [-0.15, -0.1) is 0 Å². The zero-order chi connectivity index (χ0) is 16.4. The number of aromatic nitrogens is 1. The molecule has 0 saturated carbocycles. The van der Waals surface area contributed by atoms with E-state index in [1.165, 1.54) is 0 Å². The molecule has 1 rings (SSSR count). The fraction of sp³-hybridized carbons (Fsp3) is 0.625. The zero-order valence-electron chi connectivity index (χ0n) is 13.6. The number of ether oxygens (including phenoxy) is 1. The van der Waals surface area contributed by atoms with Crippen LogP contribution in [0.1, 0.15) is 32.6 Å². The van der Waals surface area contributed by atoms with Crippen molar-refractivity contribution in [1.82, 2.24) is 9.47 Å². The highest BCUT2D eigenvalue weighted by atomic mass is 16.5. The number of pyridine rings is 1. The molecule has 0 atom stereocenters. The highest BCUT2D eigenvalue weighted by molar-refractivity contribution is 5.77. The maximum absolute atomic E-state index is 12.2. The van der Waals surface area contributed by atoms with Crippen LogP contribution in [-0.2, 0) is 11.3 Å². The Morgan fingerprint density at radius 1 is 1.36 bits per heavy atom. The van der Waals surface area contributed by atoms with Gasteiger partial charge in [0.05, 0.1) is 0 Å². The van der Waals surface area contributed by atoms with Crippen molar-refractivity contribution >= 4 is 5.91 Å². The summed E-state index contributed by atoms with van der Waals surface area (Å²) in [7, 11) is 1.75. The van der Waals surface area contributed by atoms with Gasteiger partial charge in [0.15, 0.2) is 12.4 Å². The number of nitrogens with two attached hydrogens (primary N) is 1. The van der Waals surface area contributed by atoms with Crippen molar-refractivity contribution in [3.63, 3.8) is 0 Å². The third-order valence-corrected chi connectivity index (χ3v) is 3.46. The third kappa shape index (κ3) is 5.89. The predicted octanol–water partition coefficient (Wildman–Crippen LogP) is 1.22. The summed E-state index contributed by atoms with van der Waals surface area (Å²) in [4.78, 5) is 25.7. The van der Waals surface area contributed by atoms with Gasteiger partial charge >= 0.3 is 0 Å². The van der Waals surface area contributed by atoms with E-state index >= 15 is 0 Å². The average Bonchev–Trinajstić information content (AvgIpc) is 2.52. The first-order chi connectivity index (χ1) is 10.6.